The molecule has 3 aromatic rings. The number of fused-ring (bicyclic) bond motifs is 2. The van der Waals surface area contributed by atoms with E-state index in [0.717, 1.165) is 37.0 Å². The molecule has 3 heteroatoms. The van der Waals surface area contributed by atoms with Crippen LogP contribution < -0.4 is 5.32 Å². The van der Waals surface area contributed by atoms with Gasteiger partial charge in [-0.25, -0.2) is 0 Å². The topological polar surface area (TPSA) is 32.3 Å². The molecule has 0 bridgehead atoms. The molecule has 3 aromatic carbocycles. The van der Waals surface area contributed by atoms with E-state index in [1.165, 1.54) is 27.6 Å². The summed E-state index contributed by atoms with van der Waals surface area (Å²) in [7, 11) is 0. The molecule has 0 saturated carbocycles. The molecule has 5 rings (SSSR count). The maximum absolute atomic E-state index is 13.1. The molecule has 0 spiro atoms. The maximum Gasteiger partial charge on any atom is 0.254 e. The maximum atomic E-state index is 13.1. The fourth-order valence-corrected chi connectivity index (χ4v) is 4.88. The zero-order valence-electron chi connectivity index (χ0n) is 16.5. The summed E-state index contributed by atoms with van der Waals surface area (Å²) in [5.74, 6) is 0.807. The van der Waals surface area contributed by atoms with Crippen LogP contribution in [0.1, 0.15) is 27.9 Å². The Bertz CT molecular complexity index is 1070. The van der Waals surface area contributed by atoms with Crippen LogP contribution >= 0.6 is 0 Å². The minimum atomic E-state index is 0.178. The van der Waals surface area contributed by atoms with Crippen LogP contribution in [0, 0.1) is 19.8 Å². The normalized spacial score (nSPS) is 21.3. The van der Waals surface area contributed by atoms with Crippen LogP contribution in [0.4, 0.5) is 0 Å². The van der Waals surface area contributed by atoms with E-state index in [0.29, 0.717) is 12.0 Å². The lowest BCUT2D eigenvalue weighted by Crippen LogP contribution is -2.39. The Morgan fingerprint density at radius 1 is 1.00 bits per heavy atom. The third kappa shape index (κ3) is 2.82. The van der Waals surface area contributed by atoms with Gasteiger partial charge in [-0.3, -0.25) is 4.79 Å². The fourth-order valence-electron chi connectivity index (χ4n) is 4.88. The second-order valence-corrected chi connectivity index (χ2v) is 8.30. The molecule has 2 saturated heterocycles. The molecule has 1 amide bonds. The lowest BCUT2D eigenvalue weighted by atomic mass is 9.95. The fraction of sp³-hybridized carbons (Fsp3) is 0.320. The molecule has 2 heterocycles. The van der Waals surface area contributed by atoms with Crippen molar-refractivity contribution >= 4 is 16.7 Å². The van der Waals surface area contributed by atoms with Crippen LogP contribution in [0.2, 0.25) is 0 Å². The summed E-state index contributed by atoms with van der Waals surface area (Å²) >= 11 is 0. The molecule has 0 unspecified atom stereocenters. The Morgan fingerprint density at radius 3 is 2.71 bits per heavy atom. The summed E-state index contributed by atoms with van der Waals surface area (Å²) in [6.45, 7) is 7.20. The summed E-state index contributed by atoms with van der Waals surface area (Å²) in [6, 6.07) is 19.5. The van der Waals surface area contributed by atoms with Gasteiger partial charge in [0.05, 0.1) is 0 Å². The van der Waals surface area contributed by atoms with Crippen molar-refractivity contribution in [2.45, 2.75) is 26.3 Å². The van der Waals surface area contributed by atoms with Gasteiger partial charge in [-0.1, -0.05) is 36.4 Å². The molecule has 2 aliphatic heterocycles. The Kier molecular flexibility index (Phi) is 4.21. The quantitative estimate of drug-likeness (QED) is 0.717. The first kappa shape index (κ1) is 17.4. The molecular formula is C25H26N2O. The van der Waals surface area contributed by atoms with E-state index < -0.39 is 0 Å². The van der Waals surface area contributed by atoms with Gasteiger partial charge in [0.1, 0.15) is 0 Å². The molecule has 2 atom stereocenters. The van der Waals surface area contributed by atoms with Gasteiger partial charge in [-0.15, -0.1) is 0 Å². The number of rotatable bonds is 2. The van der Waals surface area contributed by atoms with Gasteiger partial charge < -0.3 is 10.2 Å². The molecular weight excluding hydrogens is 344 g/mol. The van der Waals surface area contributed by atoms with Crippen LogP contribution in [0.3, 0.4) is 0 Å². The molecule has 28 heavy (non-hydrogen) atoms. The van der Waals surface area contributed by atoms with Crippen molar-refractivity contribution in [3.05, 3.63) is 71.3 Å². The molecule has 1 N–H and O–H groups in total. The highest BCUT2D eigenvalue weighted by Gasteiger charge is 2.40. The third-order valence-electron chi connectivity index (χ3n) is 6.71. The summed E-state index contributed by atoms with van der Waals surface area (Å²) in [6.07, 6.45) is 1.12. The SMILES string of the molecule is Cc1cccc(-c2ccc3cc(C(=O)N4CC[C@H]5CNC[C@H]54)ccc3c2)c1C. The Hall–Kier alpha value is -2.65. The van der Waals surface area contributed by atoms with Crippen molar-refractivity contribution in [1.29, 1.82) is 0 Å². The molecule has 0 aliphatic carbocycles. The smallest absolute Gasteiger partial charge is 0.254 e. The number of benzene rings is 3. The number of nitrogens with zero attached hydrogens (tertiary/aromatic N) is 1. The van der Waals surface area contributed by atoms with Gasteiger partial charge in [0.15, 0.2) is 0 Å². The Morgan fingerprint density at radius 2 is 1.82 bits per heavy atom. The van der Waals surface area contributed by atoms with Gasteiger partial charge in [-0.05, 0) is 77.4 Å². The first-order chi connectivity index (χ1) is 13.6. The number of aryl methyl sites for hydroxylation is 1. The van der Waals surface area contributed by atoms with Crippen molar-refractivity contribution in [2.75, 3.05) is 19.6 Å². The monoisotopic (exact) mass is 370 g/mol. The second kappa shape index (κ2) is 6.75. The first-order valence-electron chi connectivity index (χ1n) is 10.2. The van der Waals surface area contributed by atoms with E-state index in [-0.39, 0.29) is 5.91 Å². The predicted octanol–water partition coefficient (Wildman–Crippen LogP) is 4.56. The number of hydrogen-bond acceptors (Lipinski definition) is 2. The number of likely N-dealkylation sites (tertiary alicyclic amines) is 1. The van der Waals surface area contributed by atoms with E-state index in [9.17, 15) is 4.79 Å². The van der Waals surface area contributed by atoms with Crippen molar-refractivity contribution in [1.82, 2.24) is 10.2 Å². The summed E-state index contributed by atoms with van der Waals surface area (Å²) in [5.41, 5.74) is 5.94. The highest BCUT2D eigenvalue weighted by molar-refractivity contribution is 5.99. The molecule has 2 fully saturated rings. The van der Waals surface area contributed by atoms with Gasteiger partial charge >= 0.3 is 0 Å². The average Bonchev–Trinajstić information content (AvgIpc) is 3.32. The van der Waals surface area contributed by atoms with Gasteiger partial charge in [-0.2, -0.15) is 0 Å². The number of carbonyl (C=O) groups excluding carboxylic acids is 1. The summed E-state index contributed by atoms with van der Waals surface area (Å²) in [4.78, 5) is 15.2. The number of amides is 1. The van der Waals surface area contributed by atoms with Crippen molar-refractivity contribution in [3.63, 3.8) is 0 Å². The van der Waals surface area contributed by atoms with Gasteiger partial charge in [0.2, 0.25) is 0 Å². The minimum absolute atomic E-state index is 0.178. The van der Waals surface area contributed by atoms with Crippen LogP contribution in [-0.4, -0.2) is 36.5 Å². The average molecular weight is 370 g/mol. The molecule has 2 aliphatic rings. The standard InChI is InChI=1S/C25H26N2O/c1-16-4-3-5-23(17(16)2)20-8-6-19-13-21(9-7-18(19)12-20)25(28)27-11-10-22-14-26-15-24(22)27/h3-9,12-13,22,24,26H,10-11,14-15H2,1-2H3/t22-,24+/m0/s1. The van der Waals surface area contributed by atoms with Gasteiger partial charge in [0, 0.05) is 31.2 Å². The highest BCUT2D eigenvalue weighted by Crippen LogP contribution is 2.31. The summed E-state index contributed by atoms with van der Waals surface area (Å²) in [5, 5.41) is 5.73. The molecule has 3 nitrogen and oxygen atoms in total. The number of hydrogen-bond donors (Lipinski definition) is 1. The van der Waals surface area contributed by atoms with E-state index in [2.05, 4.69) is 72.6 Å². The first-order valence-corrected chi connectivity index (χ1v) is 10.2. The molecule has 0 aromatic heterocycles. The largest absolute Gasteiger partial charge is 0.334 e. The third-order valence-corrected chi connectivity index (χ3v) is 6.71. The number of carbonyl (C=O) groups is 1. The Balaban J connectivity index is 1.47. The summed E-state index contributed by atoms with van der Waals surface area (Å²) < 4.78 is 0. The highest BCUT2D eigenvalue weighted by atomic mass is 16.2. The zero-order chi connectivity index (χ0) is 19.3. The minimum Gasteiger partial charge on any atom is -0.334 e. The van der Waals surface area contributed by atoms with Crippen LogP contribution in [0.25, 0.3) is 21.9 Å². The molecule has 0 radical (unpaired) electrons. The van der Waals surface area contributed by atoms with E-state index in [1.807, 2.05) is 6.07 Å². The molecule has 142 valence electrons. The van der Waals surface area contributed by atoms with Crippen molar-refractivity contribution in [3.8, 4) is 11.1 Å². The Labute approximate surface area is 166 Å². The second-order valence-electron chi connectivity index (χ2n) is 8.30. The van der Waals surface area contributed by atoms with Crippen LogP contribution in [0.5, 0.6) is 0 Å². The van der Waals surface area contributed by atoms with E-state index >= 15 is 0 Å². The predicted molar refractivity (Wildman–Crippen MR) is 115 cm³/mol. The van der Waals surface area contributed by atoms with E-state index in [4.69, 9.17) is 0 Å². The van der Waals surface area contributed by atoms with Gasteiger partial charge in [0.25, 0.3) is 5.91 Å². The van der Waals surface area contributed by atoms with E-state index in [1.54, 1.807) is 0 Å². The van der Waals surface area contributed by atoms with Crippen LogP contribution in [0.15, 0.2) is 54.6 Å². The lowest BCUT2D eigenvalue weighted by Gasteiger charge is -2.23. The zero-order valence-corrected chi connectivity index (χ0v) is 16.5. The lowest BCUT2D eigenvalue weighted by molar-refractivity contribution is 0.0737. The number of nitrogens with one attached hydrogen (secondary N) is 1. The van der Waals surface area contributed by atoms with Crippen molar-refractivity contribution < 1.29 is 4.79 Å². The van der Waals surface area contributed by atoms with Crippen molar-refractivity contribution in [2.24, 2.45) is 5.92 Å². The van der Waals surface area contributed by atoms with Crippen LogP contribution in [-0.2, 0) is 0 Å².